The summed E-state index contributed by atoms with van der Waals surface area (Å²) < 4.78 is 12.3. The van der Waals surface area contributed by atoms with Crippen LogP contribution in [0.1, 0.15) is 43.1 Å². The molecule has 0 aliphatic carbocycles. The van der Waals surface area contributed by atoms with Crippen LogP contribution in [0.2, 0.25) is 0 Å². The number of rotatable bonds is 9. The number of carbonyl (C=O) groups is 4. The first-order chi connectivity index (χ1) is 18.2. The van der Waals surface area contributed by atoms with Crippen molar-refractivity contribution in [3.05, 3.63) is 71.4 Å². The standard InChI is InChI=1S/C28H27N3O7/c1-4-17(3)38-24(32)16-30-15-19(21-8-6-7-9-23(21)30)14-22-25(28(36)37-5-2)29-31(26(22)33)20-12-10-18(11-13-20)27(34)35/h6-15,17H,4-5,16H2,1-3H3,(H,34,35)/b22-14-. The number of nitrogens with zero attached hydrogens (tertiary/aromatic N) is 3. The van der Waals surface area contributed by atoms with E-state index in [4.69, 9.17) is 14.6 Å². The smallest absolute Gasteiger partial charge is 0.359 e. The number of esters is 2. The third-order valence-corrected chi connectivity index (χ3v) is 6.03. The van der Waals surface area contributed by atoms with Crippen molar-refractivity contribution in [3.63, 3.8) is 0 Å². The zero-order valence-electron chi connectivity index (χ0n) is 21.2. The number of para-hydroxylation sites is 1. The van der Waals surface area contributed by atoms with Crippen LogP contribution in [0.4, 0.5) is 5.69 Å². The lowest BCUT2D eigenvalue weighted by Crippen LogP contribution is -2.23. The van der Waals surface area contributed by atoms with E-state index in [0.717, 1.165) is 15.9 Å². The second kappa shape index (κ2) is 11.1. The van der Waals surface area contributed by atoms with Crippen LogP contribution in [-0.2, 0) is 30.4 Å². The highest BCUT2D eigenvalue weighted by Crippen LogP contribution is 2.29. The van der Waals surface area contributed by atoms with Crippen LogP contribution >= 0.6 is 0 Å². The lowest BCUT2D eigenvalue weighted by atomic mass is 10.1. The van der Waals surface area contributed by atoms with Crippen molar-refractivity contribution in [1.29, 1.82) is 0 Å². The molecule has 0 saturated heterocycles. The van der Waals surface area contributed by atoms with Gasteiger partial charge in [0.25, 0.3) is 5.91 Å². The maximum absolute atomic E-state index is 13.5. The topological polar surface area (TPSA) is 128 Å². The number of benzene rings is 2. The number of aromatic carboxylic acids is 1. The van der Waals surface area contributed by atoms with Gasteiger partial charge in [0.05, 0.1) is 29.5 Å². The second-order valence-electron chi connectivity index (χ2n) is 8.63. The zero-order chi connectivity index (χ0) is 27.4. The molecule has 0 saturated carbocycles. The molecule has 1 aromatic heterocycles. The number of amides is 1. The fourth-order valence-electron chi connectivity index (χ4n) is 3.98. The van der Waals surface area contributed by atoms with Crippen LogP contribution in [0, 0.1) is 0 Å². The van der Waals surface area contributed by atoms with E-state index >= 15 is 0 Å². The molecular formula is C28H27N3O7. The summed E-state index contributed by atoms with van der Waals surface area (Å²) in [6.45, 7) is 5.46. The van der Waals surface area contributed by atoms with Gasteiger partial charge in [-0.2, -0.15) is 10.1 Å². The summed E-state index contributed by atoms with van der Waals surface area (Å²) in [5, 5.41) is 15.2. The van der Waals surface area contributed by atoms with Gasteiger partial charge in [0.2, 0.25) is 0 Å². The summed E-state index contributed by atoms with van der Waals surface area (Å²) in [4.78, 5) is 49.9. The number of ether oxygens (including phenoxy) is 2. The van der Waals surface area contributed by atoms with Crippen LogP contribution in [-0.4, -0.2) is 51.9 Å². The molecule has 1 aliphatic rings. The van der Waals surface area contributed by atoms with Gasteiger partial charge in [0.15, 0.2) is 5.71 Å². The minimum Gasteiger partial charge on any atom is -0.478 e. The predicted octanol–water partition coefficient (Wildman–Crippen LogP) is 4.03. The number of fused-ring (bicyclic) bond motifs is 1. The average Bonchev–Trinajstić information content (AvgIpc) is 3.41. The molecule has 1 N–H and O–H groups in total. The third kappa shape index (κ3) is 5.34. The normalized spacial score (nSPS) is 15.0. The molecule has 2 aromatic carbocycles. The van der Waals surface area contributed by atoms with Gasteiger partial charge in [-0.3, -0.25) is 9.59 Å². The molecule has 1 unspecified atom stereocenters. The van der Waals surface area contributed by atoms with E-state index in [-0.39, 0.29) is 42.1 Å². The van der Waals surface area contributed by atoms with Crippen molar-refractivity contribution in [2.75, 3.05) is 11.6 Å². The maximum atomic E-state index is 13.5. The number of carboxylic acid groups (broad SMARTS) is 1. The molecule has 0 fully saturated rings. The summed E-state index contributed by atoms with van der Waals surface area (Å²) in [7, 11) is 0. The summed E-state index contributed by atoms with van der Waals surface area (Å²) in [5.41, 5.74) is 1.52. The molecule has 10 heteroatoms. The van der Waals surface area contributed by atoms with Crippen molar-refractivity contribution in [2.24, 2.45) is 5.10 Å². The largest absolute Gasteiger partial charge is 0.478 e. The van der Waals surface area contributed by atoms with Gasteiger partial charge in [-0.25, -0.2) is 9.59 Å². The lowest BCUT2D eigenvalue weighted by molar-refractivity contribution is -0.149. The van der Waals surface area contributed by atoms with E-state index in [1.165, 1.54) is 24.3 Å². The van der Waals surface area contributed by atoms with Gasteiger partial charge in [-0.05, 0) is 56.7 Å². The molecule has 3 aromatic rings. The molecule has 1 amide bonds. The Balaban J connectivity index is 1.75. The molecule has 1 aliphatic heterocycles. The van der Waals surface area contributed by atoms with E-state index in [0.29, 0.717) is 17.7 Å². The molecule has 0 bridgehead atoms. The van der Waals surface area contributed by atoms with Crippen LogP contribution < -0.4 is 5.01 Å². The van der Waals surface area contributed by atoms with E-state index < -0.39 is 17.8 Å². The molecule has 1 atom stereocenters. The number of carbonyl (C=O) groups excluding carboxylic acids is 3. The van der Waals surface area contributed by atoms with Gasteiger partial charge in [0, 0.05) is 22.7 Å². The first-order valence-electron chi connectivity index (χ1n) is 12.2. The first kappa shape index (κ1) is 26.3. The summed E-state index contributed by atoms with van der Waals surface area (Å²) >= 11 is 0. The Morgan fingerprint density at radius 2 is 1.79 bits per heavy atom. The fraction of sp³-hybridized carbons (Fsp3) is 0.250. The minimum atomic E-state index is -1.11. The van der Waals surface area contributed by atoms with Gasteiger partial charge in [-0.15, -0.1) is 0 Å². The molecular weight excluding hydrogens is 490 g/mol. The number of anilines is 1. The predicted molar refractivity (Wildman–Crippen MR) is 141 cm³/mol. The van der Waals surface area contributed by atoms with E-state index in [1.807, 2.05) is 38.1 Å². The SMILES string of the molecule is CCOC(=O)C1=NN(c2ccc(C(=O)O)cc2)C(=O)/C1=C\c1cn(CC(=O)OC(C)CC)c2ccccc12. The monoisotopic (exact) mass is 517 g/mol. The summed E-state index contributed by atoms with van der Waals surface area (Å²) in [6, 6.07) is 12.9. The number of hydrogen-bond acceptors (Lipinski definition) is 7. The summed E-state index contributed by atoms with van der Waals surface area (Å²) in [5.74, 6) is -2.84. The Kier molecular flexibility index (Phi) is 7.71. The molecule has 0 radical (unpaired) electrons. The van der Waals surface area contributed by atoms with E-state index in [1.54, 1.807) is 23.8 Å². The Hall–Kier alpha value is -4.73. The van der Waals surface area contributed by atoms with E-state index in [2.05, 4.69) is 5.10 Å². The fourth-order valence-corrected chi connectivity index (χ4v) is 3.98. The molecule has 10 nitrogen and oxygen atoms in total. The van der Waals surface area contributed by atoms with Gasteiger partial charge in [-0.1, -0.05) is 25.1 Å². The maximum Gasteiger partial charge on any atom is 0.359 e. The Morgan fingerprint density at radius 3 is 2.45 bits per heavy atom. The van der Waals surface area contributed by atoms with Gasteiger partial charge in [0.1, 0.15) is 6.54 Å². The Labute approximate surface area is 218 Å². The third-order valence-electron chi connectivity index (χ3n) is 6.03. The van der Waals surface area contributed by atoms with Crippen molar-refractivity contribution < 1.29 is 33.8 Å². The van der Waals surface area contributed by atoms with Crippen LogP contribution in [0.15, 0.2) is 65.4 Å². The van der Waals surface area contributed by atoms with Crippen molar-refractivity contribution in [1.82, 2.24) is 4.57 Å². The number of carboxylic acids is 1. The number of aromatic nitrogens is 1. The number of hydrogen-bond donors (Lipinski definition) is 1. The quantitative estimate of drug-likeness (QED) is 0.335. The van der Waals surface area contributed by atoms with Gasteiger partial charge >= 0.3 is 17.9 Å². The van der Waals surface area contributed by atoms with Crippen molar-refractivity contribution in [2.45, 2.75) is 39.8 Å². The highest BCUT2D eigenvalue weighted by Gasteiger charge is 2.36. The lowest BCUT2D eigenvalue weighted by Gasteiger charge is -2.11. The van der Waals surface area contributed by atoms with Crippen LogP contribution in [0.5, 0.6) is 0 Å². The van der Waals surface area contributed by atoms with E-state index in [9.17, 15) is 19.2 Å². The van der Waals surface area contributed by atoms with Gasteiger partial charge < -0.3 is 19.1 Å². The van der Waals surface area contributed by atoms with Crippen LogP contribution in [0.3, 0.4) is 0 Å². The Morgan fingerprint density at radius 1 is 1.08 bits per heavy atom. The molecule has 0 spiro atoms. The minimum absolute atomic E-state index is 0.0100. The van der Waals surface area contributed by atoms with Crippen molar-refractivity contribution >= 4 is 52.2 Å². The molecule has 4 rings (SSSR count). The van der Waals surface area contributed by atoms with Crippen molar-refractivity contribution in [3.8, 4) is 0 Å². The Bertz CT molecular complexity index is 1470. The first-order valence-corrected chi connectivity index (χ1v) is 12.2. The highest BCUT2D eigenvalue weighted by atomic mass is 16.5. The second-order valence-corrected chi connectivity index (χ2v) is 8.63. The number of hydrazone groups is 1. The summed E-state index contributed by atoms with van der Waals surface area (Å²) in [6.07, 6.45) is 3.75. The molecule has 196 valence electrons. The highest BCUT2D eigenvalue weighted by molar-refractivity contribution is 6.54. The van der Waals surface area contributed by atoms with Crippen LogP contribution in [0.25, 0.3) is 17.0 Å². The molecule has 38 heavy (non-hydrogen) atoms. The molecule has 2 heterocycles. The average molecular weight is 518 g/mol. The zero-order valence-corrected chi connectivity index (χ0v) is 21.2.